The zero-order valence-electron chi connectivity index (χ0n) is 19.1. The molecule has 0 bridgehead atoms. The fourth-order valence-electron chi connectivity index (χ4n) is 4.10. The van der Waals surface area contributed by atoms with Gasteiger partial charge in [-0.3, -0.25) is 4.79 Å². The maximum atomic E-state index is 13.1. The highest BCUT2D eigenvalue weighted by Gasteiger charge is 2.25. The van der Waals surface area contributed by atoms with Crippen molar-refractivity contribution in [1.29, 1.82) is 0 Å². The van der Waals surface area contributed by atoms with E-state index in [1.54, 1.807) is 0 Å². The summed E-state index contributed by atoms with van der Waals surface area (Å²) in [4.78, 5) is 27.4. The van der Waals surface area contributed by atoms with E-state index in [-0.39, 0.29) is 36.9 Å². The second-order valence-corrected chi connectivity index (χ2v) is 9.29. The topological polar surface area (TPSA) is 69.6 Å². The molecule has 0 aromatic heterocycles. The Morgan fingerprint density at radius 1 is 1.16 bits per heavy atom. The van der Waals surface area contributed by atoms with Crippen molar-refractivity contribution in [3.05, 3.63) is 69.8 Å². The van der Waals surface area contributed by atoms with Crippen molar-refractivity contribution < 1.29 is 14.7 Å². The molecule has 2 amide bonds. The van der Waals surface area contributed by atoms with Gasteiger partial charge in [0.2, 0.25) is 0 Å². The molecule has 164 valence electrons. The smallest absolute Gasteiger partial charge is 0.322 e. The van der Waals surface area contributed by atoms with Crippen LogP contribution >= 0.6 is 0 Å². The number of aliphatic hydroxyl groups is 1. The number of fused-ring (bicyclic) bond motifs is 1. The summed E-state index contributed by atoms with van der Waals surface area (Å²) in [5, 5.41) is 12.5. The van der Waals surface area contributed by atoms with E-state index in [2.05, 4.69) is 38.2 Å². The number of urea groups is 1. The summed E-state index contributed by atoms with van der Waals surface area (Å²) in [5.41, 5.74) is 6.57. The fraction of sp³-hybridized carbons (Fsp3) is 0.385. The maximum absolute atomic E-state index is 13.1. The van der Waals surface area contributed by atoms with Gasteiger partial charge in [-0.25, -0.2) is 4.79 Å². The first-order valence-electron chi connectivity index (χ1n) is 10.7. The summed E-state index contributed by atoms with van der Waals surface area (Å²) in [5.74, 6) is 0.0188. The molecule has 0 heterocycles. The van der Waals surface area contributed by atoms with Gasteiger partial charge in [-0.2, -0.15) is 0 Å². The van der Waals surface area contributed by atoms with Crippen LogP contribution in [0.15, 0.2) is 42.0 Å². The lowest BCUT2D eigenvalue weighted by molar-refractivity contribution is -0.115. The number of carbonyl (C=O) groups is 2. The minimum Gasteiger partial charge on any atom is -0.395 e. The van der Waals surface area contributed by atoms with Gasteiger partial charge in [-0.15, -0.1) is 0 Å². The number of Topliss-reactive ketones (excluding diaryl/α,β-unsaturated/α-hetero) is 1. The lowest BCUT2D eigenvalue weighted by Crippen LogP contribution is -2.40. The summed E-state index contributed by atoms with van der Waals surface area (Å²) < 4.78 is 0. The fourth-order valence-corrected chi connectivity index (χ4v) is 4.10. The number of aryl methyl sites for hydroxylation is 2. The van der Waals surface area contributed by atoms with Crippen LogP contribution in [0.4, 0.5) is 10.5 Å². The number of ketones is 1. The molecule has 1 aliphatic rings. The van der Waals surface area contributed by atoms with E-state index in [1.807, 2.05) is 44.2 Å². The quantitative estimate of drug-likeness (QED) is 0.741. The van der Waals surface area contributed by atoms with Gasteiger partial charge in [-0.05, 0) is 53.7 Å². The monoisotopic (exact) mass is 420 g/mol. The van der Waals surface area contributed by atoms with Crippen molar-refractivity contribution in [3.63, 3.8) is 0 Å². The van der Waals surface area contributed by atoms with Crippen molar-refractivity contribution >= 4 is 23.6 Å². The number of para-hydroxylation sites is 1. The number of hydrogen-bond acceptors (Lipinski definition) is 3. The highest BCUT2D eigenvalue weighted by molar-refractivity contribution is 6.05. The number of rotatable bonds is 5. The van der Waals surface area contributed by atoms with Crippen LogP contribution in [0.5, 0.6) is 0 Å². The average molecular weight is 421 g/mol. The average Bonchev–Trinajstić information content (AvgIpc) is 2.68. The second-order valence-electron chi connectivity index (χ2n) is 9.29. The van der Waals surface area contributed by atoms with E-state index in [4.69, 9.17) is 0 Å². The molecule has 0 atom stereocenters. The second kappa shape index (κ2) is 9.06. The van der Waals surface area contributed by atoms with E-state index in [0.29, 0.717) is 12.0 Å². The van der Waals surface area contributed by atoms with E-state index < -0.39 is 0 Å². The van der Waals surface area contributed by atoms with E-state index >= 15 is 0 Å². The largest absolute Gasteiger partial charge is 0.395 e. The third kappa shape index (κ3) is 5.23. The summed E-state index contributed by atoms with van der Waals surface area (Å²) in [6, 6.07) is 11.5. The number of hydrogen-bond donors (Lipinski definition) is 2. The predicted octanol–water partition coefficient (Wildman–Crippen LogP) is 4.64. The highest BCUT2D eigenvalue weighted by atomic mass is 16.3. The molecule has 5 heteroatoms. The number of nitrogens with zero attached hydrogens (tertiary/aromatic N) is 1. The van der Waals surface area contributed by atoms with Gasteiger partial charge in [-0.1, -0.05) is 56.7 Å². The molecular weight excluding hydrogens is 388 g/mol. The van der Waals surface area contributed by atoms with Crippen molar-refractivity contribution in [1.82, 2.24) is 4.90 Å². The molecule has 0 spiro atoms. The normalized spacial score (nSPS) is 13.5. The van der Waals surface area contributed by atoms with Crippen molar-refractivity contribution in [2.45, 2.75) is 46.5 Å². The Morgan fingerprint density at radius 3 is 2.55 bits per heavy atom. The van der Waals surface area contributed by atoms with Crippen LogP contribution in [0, 0.1) is 13.8 Å². The Kier molecular flexibility index (Phi) is 6.65. The van der Waals surface area contributed by atoms with Crippen LogP contribution in [0.2, 0.25) is 0 Å². The third-order valence-electron chi connectivity index (χ3n) is 5.67. The lowest BCUT2D eigenvalue weighted by Gasteiger charge is -2.28. The summed E-state index contributed by atoms with van der Waals surface area (Å²) >= 11 is 0. The zero-order valence-corrected chi connectivity index (χ0v) is 19.1. The molecule has 1 aliphatic carbocycles. The molecule has 5 nitrogen and oxygen atoms in total. The molecule has 0 radical (unpaired) electrons. The van der Waals surface area contributed by atoms with Crippen molar-refractivity contribution in [2.75, 3.05) is 25.0 Å². The Balaban J connectivity index is 1.85. The lowest BCUT2D eigenvalue weighted by atomic mass is 9.86. The Hall–Kier alpha value is -2.92. The van der Waals surface area contributed by atoms with Crippen LogP contribution in [0.3, 0.4) is 0 Å². The molecule has 2 N–H and O–H groups in total. The van der Waals surface area contributed by atoms with Gasteiger partial charge in [0.15, 0.2) is 5.78 Å². The number of aliphatic hydroxyl groups excluding tert-OH is 1. The van der Waals surface area contributed by atoms with E-state index in [1.165, 1.54) is 4.90 Å². The van der Waals surface area contributed by atoms with Crippen LogP contribution in [0.1, 0.15) is 48.6 Å². The van der Waals surface area contributed by atoms with Crippen LogP contribution < -0.4 is 5.32 Å². The van der Waals surface area contributed by atoms with Crippen LogP contribution in [-0.2, 0) is 16.6 Å². The Bertz CT molecular complexity index is 1030. The zero-order chi connectivity index (χ0) is 22.8. The molecule has 0 fully saturated rings. The van der Waals surface area contributed by atoms with Gasteiger partial charge in [0.25, 0.3) is 0 Å². The third-order valence-corrected chi connectivity index (χ3v) is 5.67. The number of anilines is 1. The van der Waals surface area contributed by atoms with Gasteiger partial charge in [0.05, 0.1) is 13.2 Å². The molecule has 2 aromatic carbocycles. The van der Waals surface area contributed by atoms with Gasteiger partial charge < -0.3 is 15.3 Å². The first kappa shape index (κ1) is 22.8. The molecule has 0 aliphatic heterocycles. The maximum Gasteiger partial charge on any atom is 0.322 e. The van der Waals surface area contributed by atoms with Crippen LogP contribution in [-0.4, -0.2) is 41.5 Å². The number of amides is 2. The Morgan fingerprint density at radius 2 is 1.87 bits per heavy atom. The van der Waals surface area contributed by atoms with Gasteiger partial charge in [0.1, 0.15) is 0 Å². The predicted molar refractivity (Wildman–Crippen MR) is 125 cm³/mol. The van der Waals surface area contributed by atoms with Crippen molar-refractivity contribution in [2.24, 2.45) is 0 Å². The molecule has 0 saturated carbocycles. The van der Waals surface area contributed by atoms with E-state index in [0.717, 1.165) is 33.5 Å². The van der Waals surface area contributed by atoms with Gasteiger partial charge in [0, 0.05) is 24.2 Å². The molecular formula is C26H32N2O3. The van der Waals surface area contributed by atoms with E-state index in [9.17, 15) is 14.7 Å². The summed E-state index contributed by atoms with van der Waals surface area (Å²) in [7, 11) is 0. The number of benzene rings is 2. The number of nitrogens with one attached hydrogen (secondary N) is 1. The summed E-state index contributed by atoms with van der Waals surface area (Å²) in [6.45, 7) is 10.5. The first-order valence-corrected chi connectivity index (χ1v) is 10.7. The minimum absolute atomic E-state index is 0.0188. The summed E-state index contributed by atoms with van der Waals surface area (Å²) in [6.07, 6.45) is 2.23. The molecule has 0 saturated heterocycles. The van der Waals surface area contributed by atoms with Crippen molar-refractivity contribution in [3.8, 4) is 0 Å². The molecule has 3 rings (SSSR count). The molecule has 2 aromatic rings. The highest BCUT2D eigenvalue weighted by Crippen LogP contribution is 2.30. The van der Waals surface area contributed by atoms with Crippen LogP contribution in [0.25, 0.3) is 6.08 Å². The SMILES string of the molecule is Cc1cc(C)c2c(c1)C=C(CN(CCO)C(=O)Nc1ccccc1C(C)(C)C)C(=O)C2. The van der Waals surface area contributed by atoms with Gasteiger partial charge >= 0.3 is 6.03 Å². The molecule has 0 unspecified atom stereocenters. The number of carbonyl (C=O) groups excluding carboxylic acids is 2. The molecule has 31 heavy (non-hydrogen) atoms. The minimum atomic E-state index is -0.328. The first-order chi connectivity index (χ1) is 14.6. The Labute approximate surface area is 184 Å². The standard InChI is InChI=1S/C26H32N2O3/c1-17-12-18(2)21-15-24(30)20(14-19(21)13-17)16-28(10-11-29)25(31)27-23-9-7-6-8-22(23)26(3,4)5/h6-9,12-14,29H,10-11,15-16H2,1-5H3,(H,27,31).